The predicted octanol–water partition coefficient (Wildman–Crippen LogP) is 2.30. The van der Waals surface area contributed by atoms with Crippen molar-refractivity contribution in [3.8, 4) is 5.75 Å². The number of anilines is 1. The van der Waals surface area contributed by atoms with Crippen molar-refractivity contribution in [1.82, 2.24) is 4.98 Å². The van der Waals surface area contributed by atoms with Crippen LogP contribution >= 0.6 is 0 Å². The Kier molecular flexibility index (Phi) is 5.22. The largest absolute Gasteiger partial charge is 0.487 e. The average molecular weight is 238 g/mol. The highest BCUT2D eigenvalue weighted by Gasteiger charge is 2.15. The van der Waals surface area contributed by atoms with Crippen molar-refractivity contribution in [1.29, 1.82) is 0 Å². The Morgan fingerprint density at radius 3 is 2.59 bits per heavy atom. The molecule has 0 aliphatic carbocycles. The molecule has 0 aliphatic rings. The molecule has 0 amide bonds. The minimum atomic E-state index is -0.0144. The van der Waals surface area contributed by atoms with Crippen LogP contribution in [-0.2, 0) is 0 Å². The molecule has 1 atom stereocenters. The van der Waals surface area contributed by atoms with E-state index in [0.717, 1.165) is 5.75 Å². The molecule has 0 radical (unpaired) electrons. The van der Waals surface area contributed by atoms with E-state index < -0.39 is 0 Å². The Balaban J connectivity index is 2.82. The van der Waals surface area contributed by atoms with Gasteiger partial charge in [0.2, 0.25) is 0 Å². The Bertz CT molecular complexity index is 340. The van der Waals surface area contributed by atoms with E-state index in [1.165, 1.54) is 0 Å². The smallest absolute Gasteiger partial charge is 0.169 e. The van der Waals surface area contributed by atoms with E-state index in [1.54, 1.807) is 6.20 Å². The number of nitrogens with zero attached hydrogens (tertiary/aromatic N) is 1. The summed E-state index contributed by atoms with van der Waals surface area (Å²) in [5, 5.41) is 12.5. The van der Waals surface area contributed by atoms with Crippen molar-refractivity contribution in [2.45, 2.75) is 39.8 Å². The summed E-state index contributed by atoms with van der Waals surface area (Å²) in [5.74, 6) is 1.74. The van der Waals surface area contributed by atoms with Gasteiger partial charge in [-0.15, -0.1) is 0 Å². The summed E-state index contributed by atoms with van der Waals surface area (Å²) in [6.45, 7) is 8.14. The minimum absolute atomic E-state index is 0.0144. The van der Waals surface area contributed by atoms with Crippen molar-refractivity contribution in [2.75, 3.05) is 11.9 Å². The number of aliphatic hydroxyl groups is 1. The van der Waals surface area contributed by atoms with Gasteiger partial charge in [0.05, 0.1) is 18.8 Å². The fourth-order valence-corrected chi connectivity index (χ4v) is 1.45. The predicted molar refractivity (Wildman–Crippen MR) is 69.3 cm³/mol. The molecule has 1 rings (SSSR count). The van der Waals surface area contributed by atoms with E-state index >= 15 is 0 Å². The van der Waals surface area contributed by atoms with E-state index in [9.17, 15) is 5.11 Å². The van der Waals surface area contributed by atoms with Crippen LogP contribution in [0.25, 0.3) is 0 Å². The molecule has 0 unspecified atom stereocenters. The SMILES string of the molecule is CC(C)Oc1cccnc1N[C@H](CO)C(C)C. The van der Waals surface area contributed by atoms with Gasteiger partial charge in [-0.1, -0.05) is 13.8 Å². The van der Waals surface area contributed by atoms with Crippen LogP contribution in [0.3, 0.4) is 0 Å². The van der Waals surface area contributed by atoms with Gasteiger partial charge in [-0.05, 0) is 31.9 Å². The Morgan fingerprint density at radius 2 is 2.06 bits per heavy atom. The van der Waals surface area contributed by atoms with Crippen LogP contribution in [0.5, 0.6) is 5.75 Å². The van der Waals surface area contributed by atoms with Gasteiger partial charge in [0.1, 0.15) is 0 Å². The highest BCUT2D eigenvalue weighted by atomic mass is 16.5. The molecule has 1 aromatic rings. The quantitative estimate of drug-likeness (QED) is 0.798. The number of hydrogen-bond donors (Lipinski definition) is 2. The van der Waals surface area contributed by atoms with Crippen molar-refractivity contribution in [3.63, 3.8) is 0 Å². The molecule has 0 fully saturated rings. The number of pyridine rings is 1. The van der Waals surface area contributed by atoms with E-state index in [2.05, 4.69) is 24.1 Å². The molecular weight excluding hydrogens is 216 g/mol. The van der Waals surface area contributed by atoms with Crippen LogP contribution in [-0.4, -0.2) is 28.8 Å². The highest BCUT2D eigenvalue weighted by Crippen LogP contribution is 2.23. The zero-order valence-electron chi connectivity index (χ0n) is 11.0. The zero-order chi connectivity index (χ0) is 12.8. The van der Waals surface area contributed by atoms with Crippen molar-refractivity contribution in [3.05, 3.63) is 18.3 Å². The average Bonchev–Trinajstić information content (AvgIpc) is 2.26. The van der Waals surface area contributed by atoms with Crippen LogP contribution in [0.2, 0.25) is 0 Å². The van der Waals surface area contributed by atoms with Crippen molar-refractivity contribution in [2.24, 2.45) is 5.92 Å². The van der Waals surface area contributed by atoms with E-state index in [-0.39, 0.29) is 18.8 Å². The lowest BCUT2D eigenvalue weighted by Crippen LogP contribution is -2.30. The summed E-state index contributed by atoms with van der Waals surface area (Å²) >= 11 is 0. The third kappa shape index (κ3) is 4.23. The molecule has 1 aromatic heterocycles. The monoisotopic (exact) mass is 238 g/mol. The minimum Gasteiger partial charge on any atom is -0.487 e. The second kappa shape index (κ2) is 6.45. The van der Waals surface area contributed by atoms with Gasteiger partial charge in [-0.25, -0.2) is 4.98 Å². The summed E-state index contributed by atoms with van der Waals surface area (Å²) in [6, 6.07) is 3.70. The molecule has 96 valence electrons. The molecule has 2 N–H and O–H groups in total. The third-order valence-electron chi connectivity index (χ3n) is 2.46. The Labute approximate surface area is 103 Å². The van der Waals surface area contributed by atoms with E-state index in [0.29, 0.717) is 11.7 Å². The van der Waals surface area contributed by atoms with Gasteiger partial charge in [0.25, 0.3) is 0 Å². The summed E-state index contributed by atoms with van der Waals surface area (Å²) in [7, 11) is 0. The second-order valence-corrected chi connectivity index (χ2v) is 4.69. The lowest BCUT2D eigenvalue weighted by molar-refractivity contribution is 0.237. The molecular formula is C13H22N2O2. The Hall–Kier alpha value is -1.29. The maximum absolute atomic E-state index is 9.30. The van der Waals surface area contributed by atoms with Crippen LogP contribution in [0, 0.1) is 5.92 Å². The number of rotatable bonds is 6. The van der Waals surface area contributed by atoms with Gasteiger partial charge < -0.3 is 15.2 Å². The summed E-state index contributed by atoms with van der Waals surface area (Å²) in [5.41, 5.74) is 0. The molecule has 17 heavy (non-hydrogen) atoms. The third-order valence-corrected chi connectivity index (χ3v) is 2.46. The maximum atomic E-state index is 9.30. The molecule has 0 aromatic carbocycles. The summed E-state index contributed by atoms with van der Waals surface area (Å²) in [6.07, 6.45) is 1.82. The molecule has 4 nitrogen and oxygen atoms in total. The normalized spacial score (nSPS) is 12.9. The number of ether oxygens (including phenoxy) is 1. The van der Waals surface area contributed by atoms with Crippen molar-refractivity contribution >= 4 is 5.82 Å². The van der Waals surface area contributed by atoms with Crippen LogP contribution in [0.15, 0.2) is 18.3 Å². The second-order valence-electron chi connectivity index (χ2n) is 4.69. The lowest BCUT2D eigenvalue weighted by Gasteiger charge is -2.22. The molecule has 0 saturated carbocycles. The number of nitrogens with one attached hydrogen (secondary N) is 1. The molecule has 0 aliphatic heterocycles. The standard InChI is InChI=1S/C13H22N2O2/c1-9(2)11(8-16)15-13-12(17-10(3)4)6-5-7-14-13/h5-7,9-11,16H,8H2,1-4H3,(H,14,15)/t11-/m1/s1. The first-order valence-corrected chi connectivity index (χ1v) is 6.03. The maximum Gasteiger partial charge on any atom is 0.169 e. The molecule has 0 spiro atoms. The van der Waals surface area contributed by atoms with Gasteiger partial charge >= 0.3 is 0 Å². The summed E-state index contributed by atoms with van der Waals surface area (Å²) < 4.78 is 5.66. The van der Waals surface area contributed by atoms with Crippen LogP contribution < -0.4 is 10.1 Å². The van der Waals surface area contributed by atoms with E-state index in [4.69, 9.17) is 4.74 Å². The number of aliphatic hydroxyl groups excluding tert-OH is 1. The van der Waals surface area contributed by atoms with E-state index in [1.807, 2.05) is 26.0 Å². The first kappa shape index (κ1) is 13.8. The topological polar surface area (TPSA) is 54.4 Å². The van der Waals surface area contributed by atoms with Crippen LogP contribution in [0.1, 0.15) is 27.7 Å². The van der Waals surface area contributed by atoms with Crippen molar-refractivity contribution < 1.29 is 9.84 Å². The van der Waals surface area contributed by atoms with Gasteiger partial charge in [0.15, 0.2) is 11.6 Å². The summed E-state index contributed by atoms with van der Waals surface area (Å²) in [4.78, 5) is 4.25. The Morgan fingerprint density at radius 1 is 1.35 bits per heavy atom. The molecule has 4 heteroatoms. The molecule has 0 bridgehead atoms. The first-order chi connectivity index (χ1) is 8.04. The lowest BCUT2D eigenvalue weighted by atomic mass is 10.1. The van der Waals surface area contributed by atoms with Gasteiger partial charge in [0, 0.05) is 6.20 Å². The first-order valence-electron chi connectivity index (χ1n) is 6.03. The highest BCUT2D eigenvalue weighted by molar-refractivity contribution is 5.50. The molecule has 0 saturated heterocycles. The fraction of sp³-hybridized carbons (Fsp3) is 0.615. The zero-order valence-corrected chi connectivity index (χ0v) is 11.0. The van der Waals surface area contributed by atoms with Gasteiger partial charge in [-0.2, -0.15) is 0 Å². The van der Waals surface area contributed by atoms with Crippen LogP contribution in [0.4, 0.5) is 5.82 Å². The fourth-order valence-electron chi connectivity index (χ4n) is 1.45. The number of aromatic nitrogens is 1. The number of hydrogen-bond acceptors (Lipinski definition) is 4. The molecule has 1 heterocycles. The van der Waals surface area contributed by atoms with Gasteiger partial charge in [-0.3, -0.25) is 0 Å².